The molecular weight excluding hydrogens is 297 g/mol. The molecular formula is C14H27Cl2N3O. The highest BCUT2D eigenvalue weighted by molar-refractivity contribution is 5.85. The number of rotatable bonds is 1. The average molecular weight is 324 g/mol. The maximum absolute atomic E-state index is 12.5. The largest absolute Gasteiger partial charge is 0.340 e. The van der Waals surface area contributed by atoms with E-state index >= 15 is 0 Å². The molecule has 0 radical (unpaired) electrons. The molecule has 2 saturated heterocycles. The summed E-state index contributed by atoms with van der Waals surface area (Å²) in [5.74, 6) is 0.596. The number of carbonyl (C=O) groups excluding carboxylic acids is 1. The van der Waals surface area contributed by atoms with Crippen molar-refractivity contribution >= 4 is 30.7 Å². The highest BCUT2D eigenvalue weighted by Gasteiger charge is 2.35. The highest BCUT2D eigenvalue weighted by atomic mass is 35.5. The second-order valence-corrected chi connectivity index (χ2v) is 6.24. The second-order valence-electron chi connectivity index (χ2n) is 6.24. The van der Waals surface area contributed by atoms with E-state index in [2.05, 4.69) is 9.80 Å². The van der Waals surface area contributed by atoms with E-state index in [0.717, 1.165) is 45.3 Å². The first-order valence-corrected chi connectivity index (χ1v) is 7.52. The summed E-state index contributed by atoms with van der Waals surface area (Å²) in [5.41, 5.74) is 6.00. The zero-order valence-electron chi connectivity index (χ0n) is 12.0. The van der Waals surface area contributed by atoms with E-state index < -0.39 is 0 Å². The molecule has 118 valence electrons. The summed E-state index contributed by atoms with van der Waals surface area (Å²) in [5, 5.41) is 0. The van der Waals surface area contributed by atoms with Crippen molar-refractivity contribution in [1.82, 2.24) is 9.80 Å². The van der Waals surface area contributed by atoms with Gasteiger partial charge in [0.25, 0.3) is 0 Å². The van der Waals surface area contributed by atoms with Crippen LogP contribution in [0.5, 0.6) is 0 Å². The Kier molecular flexibility index (Phi) is 7.06. The molecule has 0 bridgehead atoms. The topological polar surface area (TPSA) is 49.6 Å². The quantitative estimate of drug-likeness (QED) is 0.798. The van der Waals surface area contributed by atoms with Crippen LogP contribution in [-0.2, 0) is 4.79 Å². The Morgan fingerprint density at radius 1 is 1.00 bits per heavy atom. The van der Waals surface area contributed by atoms with Crippen molar-refractivity contribution in [3.8, 4) is 0 Å². The zero-order valence-corrected chi connectivity index (χ0v) is 13.6. The standard InChI is InChI=1S/C14H25N3O.2ClH/c15-12-4-1-3-11(9-12)14(18)17-8-7-16-6-2-5-13(16)10-17;;/h11-13H,1-10,15H2;2*1H. The fourth-order valence-electron chi connectivity index (χ4n) is 3.90. The van der Waals surface area contributed by atoms with E-state index in [4.69, 9.17) is 5.73 Å². The van der Waals surface area contributed by atoms with Crippen LogP contribution in [0.15, 0.2) is 0 Å². The first kappa shape index (κ1) is 18.0. The first-order chi connectivity index (χ1) is 8.74. The molecule has 0 spiro atoms. The van der Waals surface area contributed by atoms with Crippen molar-refractivity contribution in [2.45, 2.75) is 50.6 Å². The van der Waals surface area contributed by atoms with Gasteiger partial charge >= 0.3 is 0 Å². The highest BCUT2D eigenvalue weighted by Crippen LogP contribution is 2.27. The number of nitrogens with zero attached hydrogens (tertiary/aromatic N) is 2. The Labute approximate surface area is 134 Å². The Bertz CT molecular complexity index is 330. The molecule has 2 heterocycles. The van der Waals surface area contributed by atoms with Gasteiger partial charge in [-0.2, -0.15) is 0 Å². The zero-order chi connectivity index (χ0) is 12.5. The SMILES string of the molecule is Cl.Cl.NC1CCCC(C(=O)N2CCN3CCCC3C2)C1. The number of fused-ring (bicyclic) bond motifs is 1. The summed E-state index contributed by atoms with van der Waals surface area (Å²) in [7, 11) is 0. The maximum atomic E-state index is 12.5. The number of nitrogens with two attached hydrogens (primary N) is 1. The second kappa shape index (κ2) is 7.83. The third-order valence-corrected chi connectivity index (χ3v) is 4.96. The lowest BCUT2D eigenvalue weighted by Gasteiger charge is -2.40. The van der Waals surface area contributed by atoms with Crippen molar-refractivity contribution in [2.24, 2.45) is 11.7 Å². The van der Waals surface area contributed by atoms with E-state index in [1.165, 1.54) is 19.4 Å². The molecule has 20 heavy (non-hydrogen) atoms. The molecule has 0 aromatic carbocycles. The normalized spacial score (nSPS) is 33.9. The molecule has 4 nitrogen and oxygen atoms in total. The van der Waals surface area contributed by atoms with Crippen LogP contribution in [0, 0.1) is 5.92 Å². The molecule has 1 aliphatic carbocycles. The smallest absolute Gasteiger partial charge is 0.225 e. The minimum atomic E-state index is 0. The van der Waals surface area contributed by atoms with Crippen LogP contribution in [0.4, 0.5) is 0 Å². The van der Waals surface area contributed by atoms with Crippen LogP contribution in [-0.4, -0.2) is 54.0 Å². The molecule has 6 heteroatoms. The van der Waals surface area contributed by atoms with Gasteiger partial charge in [-0.3, -0.25) is 9.69 Å². The van der Waals surface area contributed by atoms with Gasteiger partial charge in [-0.1, -0.05) is 6.42 Å². The summed E-state index contributed by atoms with van der Waals surface area (Å²) in [4.78, 5) is 17.2. The Morgan fingerprint density at radius 2 is 1.80 bits per heavy atom. The molecule has 3 atom stereocenters. The van der Waals surface area contributed by atoms with Gasteiger partial charge in [0.15, 0.2) is 0 Å². The molecule has 3 aliphatic rings. The predicted molar refractivity (Wildman–Crippen MR) is 85.6 cm³/mol. The fourth-order valence-corrected chi connectivity index (χ4v) is 3.90. The van der Waals surface area contributed by atoms with Crippen LogP contribution in [0.25, 0.3) is 0 Å². The average Bonchev–Trinajstić information content (AvgIpc) is 2.85. The molecule has 3 rings (SSSR count). The summed E-state index contributed by atoms with van der Waals surface area (Å²) in [6.07, 6.45) is 6.76. The van der Waals surface area contributed by atoms with Gasteiger partial charge in [-0.05, 0) is 38.6 Å². The van der Waals surface area contributed by atoms with Gasteiger partial charge in [0.05, 0.1) is 0 Å². The lowest BCUT2D eigenvalue weighted by atomic mass is 9.85. The maximum Gasteiger partial charge on any atom is 0.225 e. The first-order valence-electron chi connectivity index (χ1n) is 7.52. The number of piperazine rings is 1. The van der Waals surface area contributed by atoms with Gasteiger partial charge in [-0.15, -0.1) is 24.8 Å². The number of hydrogen-bond donors (Lipinski definition) is 1. The van der Waals surface area contributed by atoms with Crippen molar-refractivity contribution in [3.05, 3.63) is 0 Å². The fraction of sp³-hybridized carbons (Fsp3) is 0.929. The van der Waals surface area contributed by atoms with Gasteiger partial charge in [0, 0.05) is 37.6 Å². The van der Waals surface area contributed by atoms with Gasteiger partial charge < -0.3 is 10.6 Å². The molecule has 1 saturated carbocycles. The lowest BCUT2D eigenvalue weighted by molar-refractivity contribution is -0.139. The van der Waals surface area contributed by atoms with Crippen LogP contribution in [0.2, 0.25) is 0 Å². The minimum Gasteiger partial charge on any atom is -0.340 e. The lowest BCUT2D eigenvalue weighted by Crippen LogP contribution is -2.54. The van der Waals surface area contributed by atoms with E-state index in [0.29, 0.717) is 11.9 Å². The molecule has 0 aromatic heterocycles. The van der Waals surface area contributed by atoms with Crippen LogP contribution in [0.3, 0.4) is 0 Å². The number of halogens is 2. The van der Waals surface area contributed by atoms with Gasteiger partial charge in [-0.25, -0.2) is 0 Å². The van der Waals surface area contributed by atoms with E-state index in [1.54, 1.807) is 0 Å². The monoisotopic (exact) mass is 323 g/mol. The van der Waals surface area contributed by atoms with E-state index in [-0.39, 0.29) is 36.8 Å². The Hall–Kier alpha value is -0.0300. The third kappa shape index (κ3) is 3.79. The summed E-state index contributed by atoms with van der Waals surface area (Å²) < 4.78 is 0. The molecule has 2 aliphatic heterocycles. The minimum absolute atomic E-state index is 0. The molecule has 0 aromatic rings. The molecule has 3 fully saturated rings. The van der Waals surface area contributed by atoms with E-state index in [1.807, 2.05) is 0 Å². The third-order valence-electron chi connectivity index (χ3n) is 4.96. The van der Waals surface area contributed by atoms with Crippen LogP contribution < -0.4 is 5.73 Å². The molecule has 3 unspecified atom stereocenters. The molecule has 1 amide bonds. The van der Waals surface area contributed by atoms with Crippen molar-refractivity contribution < 1.29 is 4.79 Å². The van der Waals surface area contributed by atoms with Crippen molar-refractivity contribution in [3.63, 3.8) is 0 Å². The molecule has 2 N–H and O–H groups in total. The summed E-state index contributed by atoms with van der Waals surface area (Å²) in [6.45, 7) is 4.21. The van der Waals surface area contributed by atoms with Gasteiger partial charge in [0.2, 0.25) is 5.91 Å². The Balaban J connectivity index is 0.000001000. The number of amides is 1. The predicted octanol–water partition coefficient (Wildman–Crippen LogP) is 1.65. The van der Waals surface area contributed by atoms with Crippen molar-refractivity contribution in [2.75, 3.05) is 26.2 Å². The summed E-state index contributed by atoms with van der Waals surface area (Å²) in [6, 6.07) is 0.889. The van der Waals surface area contributed by atoms with Crippen LogP contribution in [0.1, 0.15) is 38.5 Å². The van der Waals surface area contributed by atoms with Gasteiger partial charge in [0.1, 0.15) is 0 Å². The van der Waals surface area contributed by atoms with E-state index in [9.17, 15) is 4.79 Å². The van der Waals surface area contributed by atoms with Crippen LogP contribution >= 0.6 is 24.8 Å². The number of carbonyl (C=O) groups is 1. The number of hydrogen-bond acceptors (Lipinski definition) is 3. The van der Waals surface area contributed by atoms with Crippen molar-refractivity contribution in [1.29, 1.82) is 0 Å². The Morgan fingerprint density at radius 3 is 2.55 bits per heavy atom. The summed E-state index contributed by atoms with van der Waals surface area (Å²) >= 11 is 0.